The van der Waals surface area contributed by atoms with E-state index in [0.717, 1.165) is 0 Å². The number of nitrogens with zero attached hydrogens (tertiary/aromatic N) is 2. The van der Waals surface area contributed by atoms with Crippen molar-refractivity contribution < 1.29 is 22.4 Å². The van der Waals surface area contributed by atoms with Crippen molar-refractivity contribution in [3.8, 4) is 0 Å². The maximum absolute atomic E-state index is 12.6. The van der Waals surface area contributed by atoms with Crippen molar-refractivity contribution in [1.82, 2.24) is 15.5 Å². The molecule has 28 heavy (non-hydrogen) atoms. The molecule has 1 heterocycles. The number of sulfone groups is 1. The number of hydrogen-bond donors (Lipinski definition) is 1. The Hall–Kier alpha value is -2.13. The second kappa shape index (κ2) is 8.48. The molecule has 1 amide bonds. The SMILES string of the molecule is CC(C)[C@H](NC(=O)OC(C)(C)C)c1nnc(S(=O)(=O)Cc2ccc(Cl)cc2)o1. The summed E-state index contributed by atoms with van der Waals surface area (Å²) in [7, 11) is -3.85. The van der Waals surface area contributed by atoms with E-state index in [-0.39, 0.29) is 17.6 Å². The van der Waals surface area contributed by atoms with Gasteiger partial charge in [0.1, 0.15) is 11.6 Å². The Labute approximate surface area is 169 Å². The standard InChI is InChI=1S/C18H24ClN3O5S/c1-11(2)14(20-16(23)27-18(3,4)5)15-21-22-17(26-15)28(24,25)10-12-6-8-13(19)9-7-12/h6-9,11,14H,10H2,1-5H3,(H,20,23)/t14-/m0/s1. The summed E-state index contributed by atoms with van der Waals surface area (Å²) in [6.07, 6.45) is -0.657. The van der Waals surface area contributed by atoms with Crippen LogP contribution >= 0.6 is 11.6 Å². The zero-order chi connectivity index (χ0) is 21.1. The number of hydrogen-bond acceptors (Lipinski definition) is 7. The molecule has 8 nitrogen and oxygen atoms in total. The molecule has 10 heteroatoms. The zero-order valence-corrected chi connectivity index (χ0v) is 18.0. The van der Waals surface area contributed by atoms with Crippen molar-refractivity contribution in [1.29, 1.82) is 0 Å². The van der Waals surface area contributed by atoms with Gasteiger partial charge in [-0.05, 0) is 44.4 Å². The summed E-state index contributed by atoms with van der Waals surface area (Å²) in [5.74, 6) is -0.451. The molecule has 0 saturated heterocycles. The Morgan fingerprint density at radius 1 is 1.21 bits per heavy atom. The molecular formula is C18H24ClN3O5S. The van der Waals surface area contributed by atoms with Crippen molar-refractivity contribution in [2.24, 2.45) is 5.92 Å². The summed E-state index contributed by atoms with van der Waals surface area (Å²) >= 11 is 5.81. The second-order valence-corrected chi connectivity index (χ2v) is 9.96. The number of carbonyl (C=O) groups is 1. The van der Waals surface area contributed by atoms with Gasteiger partial charge in [0.2, 0.25) is 15.7 Å². The highest BCUT2D eigenvalue weighted by atomic mass is 35.5. The first-order valence-electron chi connectivity index (χ1n) is 8.67. The van der Waals surface area contributed by atoms with E-state index in [1.54, 1.807) is 45.0 Å². The summed E-state index contributed by atoms with van der Waals surface area (Å²) < 4.78 is 35.7. The number of alkyl carbamates (subject to hydrolysis) is 1. The fraction of sp³-hybridized carbons (Fsp3) is 0.500. The van der Waals surface area contributed by atoms with E-state index in [1.807, 2.05) is 13.8 Å². The lowest BCUT2D eigenvalue weighted by Gasteiger charge is -2.23. The van der Waals surface area contributed by atoms with Crippen molar-refractivity contribution in [2.75, 3.05) is 0 Å². The molecule has 2 aromatic rings. The Balaban J connectivity index is 2.19. The molecule has 0 radical (unpaired) electrons. The van der Waals surface area contributed by atoms with Crippen LogP contribution in [0.25, 0.3) is 0 Å². The Morgan fingerprint density at radius 2 is 1.82 bits per heavy atom. The fourth-order valence-corrected chi connectivity index (χ4v) is 3.54. The molecule has 2 rings (SSSR count). The minimum atomic E-state index is -3.85. The predicted octanol–water partition coefficient (Wildman–Crippen LogP) is 3.92. The van der Waals surface area contributed by atoms with Crippen LogP contribution in [0.15, 0.2) is 33.9 Å². The van der Waals surface area contributed by atoms with Crippen molar-refractivity contribution in [3.63, 3.8) is 0 Å². The Morgan fingerprint density at radius 3 is 2.36 bits per heavy atom. The van der Waals surface area contributed by atoms with Crippen LogP contribution < -0.4 is 5.32 Å². The molecule has 0 saturated carbocycles. The van der Waals surface area contributed by atoms with Gasteiger partial charge in [-0.2, -0.15) is 0 Å². The quantitative estimate of drug-likeness (QED) is 0.740. The van der Waals surface area contributed by atoms with E-state index < -0.39 is 32.8 Å². The van der Waals surface area contributed by atoms with E-state index in [2.05, 4.69) is 15.5 Å². The van der Waals surface area contributed by atoms with Crippen LogP contribution in [-0.4, -0.2) is 30.3 Å². The third kappa shape index (κ3) is 6.20. The summed E-state index contributed by atoms with van der Waals surface area (Å²) in [5, 5.41) is 10.1. The second-order valence-electron chi connectivity index (χ2n) is 7.66. The number of halogens is 1. The van der Waals surface area contributed by atoms with Gasteiger partial charge in [0.25, 0.3) is 0 Å². The van der Waals surface area contributed by atoms with Crippen molar-refractivity contribution in [3.05, 3.63) is 40.7 Å². The van der Waals surface area contributed by atoms with E-state index >= 15 is 0 Å². The van der Waals surface area contributed by atoms with Crippen molar-refractivity contribution >= 4 is 27.5 Å². The lowest BCUT2D eigenvalue weighted by molar-refractivity contribution is 0.0477. The first kappa shape index (κ1) is 22.2. The minimum absolute atomic E-state index is 0.00413. The smallest absolute Gasteiger partial charge is 0.408 e. The Bertz CT molecular complexity index is 917. The van der Waals surface area contributed by atoms with Gasteiger partial charge in [-0.25, -0.2) is 13.2 Å². The number of benzene rings is 1. The maximum atomic E-state index is 12.6. The third-order valence-corrected chi connectivity index (χ3v) is 5.23. The van der Waals surface area contributed by atoms with Crippen LogP contribution in [-0.2, 0) is 20.3 Å². The highest BCUT2D eigenvalue weighted by molar-refractivity contribution is 7.90. The number of carbonyl (C=O) groups excluding carboxylic acids is 1. The van der Waals surface area contributed by atoms with E-state index in [4.69, 9.17) is 20.8 Å². The molecule has 0 spiro atoms. The molecule has 0 aliphatic rings. The van der Waals surface area contributed by atoms with Crippen LogP contribution in [0.3, 0.4) is 0 Å². The number of rotatable bonds is 6. The third-order valence-electron chi connectivity index (χ3n) is 3.56. The van der Waals surface area contributed by atoms with Crippen LogP contribution in [0.2, 0.25) is 5.02 Å². The average Bonchev–Trinajstić information content (AvgIpc) is 3.03. The molecule has 1 aromatic carbocycles. The van der Waals surface area contributed by atoms with Gasteiger partial charge in [-0.1, -0.05) is 42.7 Å². The van der Waals surface area contributed by atoms with Crippen LogP contribution in [0.1, 0.15) is 52.1 Å². The number of nitrogens with one attached hydrogen (secondary N) is 1. The molecule has 1 aromatic heterocycles. The zero-order valence-electron chi connectivity index (χ0n) is 16.4. The van der Waals surface area contributed by atoms with Crippen molar-refractivity contribution in [2.45, 2.75) is 57.2 Å². The van der Waals surface area contributed by atoms with E-state index in [1.165, 1.54) is 0 Å². The molecule has 1 N–H and O–H groups in total. The summed E-state index contributed by atoms with van der Waals surface area (Å²) in [5.41, 5.74) is -0.135. The highest BCUT2D eigenvalue weighted by Gasteiger charge is 2.30. The lowest BCUT2D eigenvalue weighted by Crippen LogP contribution is -2.37. The highest BCUT2D eigenvalue weighted by Crippen LogP contribution is 2.24. The molecule has 0 aliphatic heterocycles. The normalized spacial score (nSPS) is 13.4. The van der Waals surface area contributed by atoms with Crippen LogP contribution in [0.4, 0.5) is 4.79 Å². The van der Waals surface area contributed by atoms with Gasteiger partial charge in [-0.3, -0.25) is 0 Å². The van der Waals surface area contributed by atoms with Gasteiger partial charge in [0.15, 0.2) is 0 Å². The molecule has 0 fully saturated rings. The summed E-state index contributed by atoms with van der Waals surface area (Å²) in [6, 6.07) is 5.73. The van der Waals surface area contributed by atoms with Gasteiger partial charge < -0.3 is 14.5 Å². The van der Waals surface area contributed by atoms with Gasteiger partial charge >= 0.3 is 11.3 Å². The van der Waals surface area contributed by atoms with E-state index in [9.17, 15) is 13.2 Å². The van der Waals surface area contributed by atoms with Gasteiger partial charge in [0, 0.05) is 5.02 Å². The first-order valence-corrected chi connectivity index (χ1v) is 10.7. The topological polar surface area (TPSA) is 111 Å². The summed E-state index contributed by atoms with van der Waals surface area (Å²) in [4.78, 5) is 12.1. The molecule has 0 aliphatic carbocycles. The monoisotopic (exact) mass is 429 g/mol. The molecule has 0 bridgehead atoms. The molecule has 1 atom stereocenters. The number of amides is 1. The fourth-order valence-electron chi connectivity index (χ4n) is 2.28. The molecular weight excluding hydrogens is 406 g/mol. The summed E-state index contributed by atoms with van der Waals surface area (Å²) in [6.45, 7) is 8.88. The molecule has 0 unspecified atom stereocenters. The van der Waals surface area contributed by atoms with Crippen LogP contribution in [0, 0.1) is 5.92 Å². The van der Waals surface area contributed by atoms with E-state index in [0.29, 0.717) is 10.6 Å². The number of ether oxygens (including phenoxy) is 1. The van der Waals surface area contributed by atoms with Crippen LogP contribution in [0.5, 0.6) is 0 Å². The number of aromatic nitrogens is 2. The Kier molecular flexibility index (Phi) is 6.71. The largest absolute Gasteiger partial charge is 0.444 e. The van der Waals surface area contributed by atoms with Gasteiger partial charge in [0.05, 0.1) is 5.75 Å². The maximum Gasteiger partial charge on any atom is 0.408 e. The minimum Gasteiger partial charge on any atom is -0.444 e. The predicted molar refractivity (Wildman–Crippen MR) is 104 cm³/mol. The average molecular weight is 430 g/mol. The molecule has 154 valence electrons. The van der Waals surface area contributed by atoms with Gasteiger partial charge in [-0.15, -0.1) is 5.10 Å². The lowest BCUT2D eigenvalue weighted by atomic mass is 10.1. The first-order chi connectivity index (χ1) is 12.9.